The largest absolute Gasteiger partial charge is 0.339 e. The molecule has 5 heteroatoms. The van der Waals surface area contributed by atoms with Crippen molar-refractivity contribution in [2.75, 3.05) is 19.6 Å². The highest BCUT2D eigenvalue weighted by Gasteiger charge is 2.33. The number of carbonyl (C=O) groups is 1. The summed E-state index contributed by atoms with van der Waals surface area (Å²) in [4.78, 5) is 14.9. The molecule has 0 bridgehead atoms. The third-order valence-electron chi connectivity index (χ3n) is 5.52. The lowest BCUT2D eigenvalue weighted by atomic mass is 9.84. The van der Waals surface area contributed by atoms with E-state index in [4.69, 9.17) is 0 Å². The number of nitrogens with one attached hydrogen (secondary N) is 1. The normalized spacial score (nSPS) is 19.1. The second-order valence-electron chi connectivity index (χ2n) is 7.47. The Kier molecular flexibility index (Phi) is 7.70. The van der Waals surface area contributed by atoms with Gasteiger partial charge in [-0.25, -0.2) is 4.39 Å². The number of rotatable bonds is 7. The van der Waals surface area contributed by atoms with Crippen LogP contribution in [0.3, 0.4) is 0 Å². The van der Waals surface area contributed by atoms with Gasteiger partial charge < -0.3 is 10.2 Å². The van der Waals surface area contributed by atoms with Gasteiger partial charge in [-0.05, 0) is 74.7 Å². The minimum atomic E-state index is -0.198. The highest BCUT2D eigenvalue weighted by atomic mass is 35.5. The highest BCUT2D eigenvalue weighted by molar-refractivity contribution is 5.85. The first-order chi connectivity index (χ1) is 11.6. The Bertz CT molecular complexity index is 558. The fourth-order valence-corrected chi connectivity index (χ4v) is 3.81. The molecule has 1 aromatic carbocycles. The number of halogens is 2. The molecule has 1 aliphatic carbocycles. The number of hydrogen-bond acceptors (Lipinski definition) is 2. The van der Waals surface area contributed by atoms with Crippen LogP contribution in [0.4, 0.5) is 4.39 Å². The minimum Gasteiger partial charge on any atom is -0.339 e. The molecule has 1 saturated carbocycles. The van der Waals surface area contributed by atoms with Gasteiger partial charge in [-0.15, -0.1) is 12.4 Å². The molecule has 25 heavy (non-hydrogen) atoms. The first-order valence-electron chi connectivity index (χ1n) is 9.38. The van der Waals surface area contributed by atoms with Crippen molar-refractivity contribution >= 4 is 18.3 Å². The first kappa shape index (κ1) is 20.2. The van der Waals surface area contributed by atoms with Crippen LogP contribution in [-0.4, -0.2) is 36.5 Å². The number of piperidine rings is 1. The topological polar surface area (TPSA) is 32.3 Å². The second kappa shape index (κ2) is 9.54. The van der Waals surface area contributed by atoms with Crippen LogP contribution in [0, 0.1) is 17.7 Å². The predicted molar refractivity (Wildman–Crippen MR) is 101 cm³/mol. The fraction of sp³-hybridized carbons (Fsp3) is 0.650. The van der Waals surface area contributed by atoms with Gasteiger partial charge in [0.1, 0.15) is 5.82 Å². The molecule has 1 heterocycles. The summed E-state index contributed by atoms with van der Waals surface area (Å²) in [6, 6.07) is 7.15. The third kappa shape index (κ3) is 5.96. The standard InChI is InChI=1S/C20H29FN2O.ClH/c1-15(17-7-10-22-11-8-17)13-20(24)23(19-5-6-19)12-9-16-3-2-4-18(21)14-16;/h2-4,14-15,17,19,22H,5-13H2,1H3;1H. The molecule has 1 aliphatic heterocycles. The van der Waals surface area contributed by atoms with Crippen LogP contribution < -0.4 is 5.32 Å². The van der Waals surface area contributed by atoms with Crippen LogP contribution in [0.2, 0.25) is 0 Å². The Hall–Kier alpha value is -1.13. The Morgan fingerprint density at radius 3 is 2.64 bits per heavy atom. The number of hydrogen-bond donors (Lipinski definition) is 1. The zero-order chi connectivity index (χ0) is 16.9. The summed E-state index contributed by atoms with van der Waals surface area (Å²) in [6.07, 6.45) is 6.00. The van der Waals surface area contributed by atoms with Crippen molar-refractivity contribution in [1.82, 2.24) is 10.2 Å². The molecule has 1 atom stereocenters. The van der Waals surface area contributed by atoms with E-state index in [1.165, 1.54) is 18.9 Å². The predicted octanol–water partition coefficient (Wildman–Crippen LogP) is 3.81. The van der Waals surface area contributed by atoms with Gasteiger partial charge in [0, 0.05) is 19.0 Å². The molecule has 0 radical (unpaired) electrons. The van der Waals surface area contributed by atoms with Crippen molar-refractivity contribution in [2.24, 2.45) is 11.8 Å². The molecular formula is C20H30ClFN2O. The summed E-state index contributed by atoms with van der Waals surface area (Å²) in [5, 5.41) is 3.39. The van der Waals surface area contributed by atoms with E-state index in [0.717, 1.165) is 37.9 Å². The van der Waals surface area contributed by atoms with E-state index in [2.05, 4.69) is 17.1 Å². The van der Waals surface area contributed by atoms with Crippen molar-refractivity contribution in [1.29, 1.82) is 0 Å². The zero-order valence-electron chi connectivity index (χ0n) is 15.0. The maximum absolute atomic E-state index is 13.3. The Morgan fingerprint density at radius 2 is 2.00 bits per heavy atom. The maximum Gasteiger partial charge on any atom is 0.223 e. The van der Waals surface area contributed by atoms with Gasteiger partial charge in [-0.2, -0.15) is 0 Å². The van der Waals surface area contributed by atoms with Crippen molar-refractivity contribution in [3.05, 3.63) is 35.6 Å². The molecule has 0 spiro atoms. The van der Waals surface area contributed by atoms with Crippen LogP contribution in [0.5, 0.6) is 0 Å². The van der Waals surface area contributed by atoms with Gasteiger partial charge >= 0.3 is 0 Å². The van der Waals surface area contributed by atoms with Gasteiger partial charge in [0.25, 0.3) is 0 Å². The van der Waals surface area contributed by atoms with E-state index in [1.54, 1.807) is 12.1 Å². The van der Waals surface area contributed by atoms with E-state index in [-0.39, 0.29) is 18.2 Å². The molecule has 3 rings (SSSR count). The van der Waals surface area contributed by atoms with E-state index in [0.29, 0.717) is 36.8 Å². The van der Waals surface area contributed by atoms with Crippen molar-refractivity contribution in [2.45, 2.75) is 51.5 Å². The molecule has 1 unspecified atom stereocenters. The van der Waals surface area contributed by atoms with E-state index in [9.17, 15) is 9.18 Å². The number of carbonyl (C=O) groups excluding carboxylic acids is 1. The summed E-state index contributed by atoms with van der Waals surface area (Å²) >= 11 is 0. The van der Waals surface area contributed by atoms with Crippen LogP contribution in [0.1, 0.15) is 44.6 Å². The van der Waals surface area contributed by atoms with Crippen LogP contribution in [0.15, 0.2) is 24.3 Å². The lowest BCUT2D eigenvalue weighted by Gasteiger charge is -2.30. The van der Waals surface area contributed by atoms with E-state index < -0.39 is 0 Å². The summed E-state index contributed by atoms with van der Waals surface area (Å²) in [5.74, 6) is 1.21. The van der Waals surface area contributed by atoms with Crippen LogP contribution in [0.25, 0.3) is 0 Å². The summed E-state index contributed by atoms with van der Waals surface area (Å²) in [5.41, 5.74) is 0.972. The highest BCUT2D eigenvalue weighted by Crippen LogP contribution is 2.30. The summed E-state index contributed by atoms with van der Waals surface area (Å²) in [7, 11) is 0. The molecule has 140 valence electrons. The molecule has 2 aliphatic rings. The monoisotopic (exact) mass is 368 g/mol. The van der Waals surface area contributed by atoms with Crippen LogP contribution in [-0.2, 0) is 11.2 Å². The number of benzene rings is 1. The molecule has 2 fully saturated rings. The Labute approximate surface area is 156 Å². The van der Waals surface area contributed by atoms with Gasteiger partial charge in [0.15, 0.2) is 0 Å². The van der Waals surface area contributed by atoms with Gasteiger partial charge in [-0.3, -0.25) is 4.79 Å². The SMILES string of the molecule is CC(CC(=O)N(CCc1cccc(F)c1)C1CC1)C1CCNCC1.Cl. The van der Waals surface area contributed by atoms with E-state index in [1.807, 2.05) is 6.07 Å². The fourth-order valence-electron chi connectivity index (χ4n) is 3.81. The van der Waals surface area contributed by atoms with Gasteiger partial charge in [0.2, 0.25) is 5.91 Å². The molecular weight excluding hydrogens is 339 g/mol. The molecule has 1 N–H and O–H groups in total. The Morgan fingerprint density at radius 1 is 1.28 bits per heavy atom. The average Bonchev–Trinajstić information content (AvgIpc) is 3.41. The van der Waals surface area contributed by atoms with E-state index >= 15 is 0 Å². The summed E-state index contributed by atoms with van der Waals surface area (Å²) < 4.78 is 13.3. The maximum atomic E-state index is 13.3. The Balaban J connectivity index is 0.00000225. The molecule has 0 aromatic heterocycles. The average molecular weight is 369 g/mol. The van der Waals surface area contributed by atoms with Crippen molar-refractivity contribution in [3.63, 3.8) is 0 Å². The number of nitrogens with zero attached hydrogens (tertiary/aromatic N) is 1. The molecule has 1 saturated heterocycles. The smallest absolute Gasteiger partial charge is 0.223 e. The van der Waals surface area contributed by atoms with Gasteiger partial charge in [-0.1, -0.05) is 19.1 Å². The van der Waals surface area contributed by atoms with Crippen molar-refractivity contribution < 1.29 is 9.18 Å². The quantitative estimate of drug-likeness (QED) is 0.793. The second-order valence-corrected chi connectivity index (χ2v) is 7.47. The first-order valence-corrected chi connectivity index (χ1v) is 9.38. The molecule has 1 amide bonds. The molecule has 3 nitrogen and oxygen atoms in total. The number of amides is 1. The lowest BCUT2D eigenvalue weighted by molar-refractivity contribution is -0.133. The molecule has 1 aromatic rings. The van der Waals surface area contributed by atoms with Crippen LogP contribution >= 0.6 is 12.4 Å². The zero-order valence-corrected chi connectivity index (χ0v) is 15.9. The third-order valence-corrected chi connectivity index (χ3v) is 5.52. The lowest BCUT2D eigenvalue weighted by Crippen LogP contribution is -2.38. The summed E-state index contributed by atoms with van der Waals surface area (Å²) in [6.45, 7) is 5.10. The minimum absolute atomic E-state index is 0. The van der Waals surface area contributed by atoms with Gasteiger partial charge in [0.05, 0.1) is 0 Å². The van der Waals surface area contributed by atoms with Crippen molar-refractivity contribution in [3.8, 4) is 0 Å².